The maximum atomic E-state index is 13.0. The van der Waals surface area contributed by atoms with Crippen LogP contribution in [0.25, 0.3) is 5.82 Å². The first kappa shape index (κ1) is 15.6. The third-order valence-corrected chi connectivity index (χ3v) is 2.36. The number of nitrogens with two attached hydrogens (primary N) is 1. The third-order valence-electron chi connectivity index (χ3n) is 2.36. The number of anilines is 1. The smallest absolute Gasteiger partial charge is 0.351 e. The van der Waals surface area contributed by atoms with Gasteiger partial charge in [0.25, 0.3) is 6.43 Å². The number of carbonyl (C=O) groups is 1. The number of amides is 2. The van der Waals surface area contributed by atoms with Gasteiger partial charge in [0, 0.05) is 0 Å². The lowest BCUT2D eigenvalue weighted by atomic mass is 10.2. The summed E-state index contributed by atoms with van der Waals surface area (Å²) >= 11 is 0. The van der Waals surface area contributed by atoms with Crippen LogP contribution in [0.2, 0.25) is 0 Å². The van der Waals surface area contributed by atoms with Gasteiger partial charge in [-0.1, -0.05) is 0 Å². The molecule has 0 saturated heterocycles. The van der Waals surface area contributed by atoms with Gasteiger partial charge in [0.15, 0.2) is 5.82 Å². The molecule has 0 aliphatic rings. The summed E-state index contributed by atoms with van der Waals surface area (Å²) in [6, 6.07) is -0.543. The number of nitrogens with zero attached hydrogens (tertiary/aromatic N) is 4. The van der Waals surface area contributed by atoms with Crippen molar-refractivity contribution >= 4 is 11.7 Å². The van der Waals surface area contributed by atoms with Gasteiger partial charge < -0.3 is 11.1 Å². The van der Waals surface area contributed by atoms with E-state index in [-0.39, 0.29) is 5.69 Å². The molecule has 3 N–H and O–H groups in total. The normalized spacial score (nSPS) is 11.7. The third kappa shape index (κ3) is 3.27. The van der Waals surface area contributed by atoms with E-state index < -0.39 is 35.7 Å². The molecule has 0 aliphatic carbocycles. The van der Waals surface area contributed by atoms with Gasteiger partial charge in [-0.3, -0.25) is 0 Å². The maximum absolute atomic E-state index is 13.0. The first-order valence-electron chi connectivity index (χ1n) is 5.53. The zero-order valence-electron chi connectivity index (χ0n) is 10.5. The lowest BCUT2D eigenvalue weighted by molar-refractivity contribution is -0.137. The highest BCUT2D eigenvalue weighted by molar-refractivity contribution is 5.87. The van der Waals surface area contributed by atoms with Crippen molar-refractivity contribution < 1.29 is 26.7 Å². The first-order chi connectivity index (χ1) is 10.2. The maximum Gasteiger partial charge on any atom is 0.420 e. The molecular weight excluding hydrogens is 315 g/mol. The molecule has 2 heterocycles. The molecule has 2 rings (SSSR count). The molecule has 0 unspecified atom stereocenters. The van der Waals surface area contributed by atoms with Crippen molar-refractivity contribution in [1.29, 1.82) is 0 Å². The molecule has 22 heavy (non-hydrogen) atoms. The van der Waals surface area contributed by atoms with E-state index in [0.29, 0.717) is 17.1 Å². The molecule has 2 aromatic rings. The van der Waals surface area contributed by atoms with Crippen LogP contribution in [0.15, 0.2) is 18.5 Å². The highest BCUT2D eigenvalue weighted by Crippen LogP contribution is 2.34. The fourth-order valence-corrected chi connectivity index (χ4v) is 1.51. The molecule has 0 saturated carbocycles. The largest absolute Gasteiger partial charge is 0.420 e. The number of alkyl halides is 5. The quantitative estimate of drug-likeness (QED) is 0.845. The molecule has 7 nitrogen and oxygen atoms in total. The van der Waals surface area contributed by atoms with E-state index >= 15 is 0 Å². The van der Waals surface area contributed by atoms with E-state index in [2.05, 4.69) is 15.2 Å². The fraction of sp³-hybridized carbons (Fsp3) is 0.200. The summed E-state index contributed by atoms with van der Waals surface area (Å²) in [6.45, 7) is 0. The molecular formula is C10H7F5N6O. The second-order valence-electron chi connectivity index (χ2n) is 3.94. The van der Waals surface area contributed by atoms with Crippen molar-refractivity contribution in [3.05, 3.63) is 29.7 Å². The van der Waals surface area contributed by atoms with Gasteiger partial charge in [-0.15, -0.1) is 9.90 Å². The summed E-state index contributed by atoms with van der Waals surface area (Å²) in [4.78, 5) is 14.4. The Bertz CT molecular complexity index is 697. The highest BCUT2D eigenvalue weighted by Gasteiger charge is 2.36. The lowest BCUT2D eigenvalue weighted by Crippen LogP contribution is -2.21. The SMILES string of the molecule is NC(=O)Nc1cnc(-n2ncc(C(F)F)n2)c(C(F)(F)F)c1. The number of aromatic nitrogens is 4. The van der Waals surface area contributed by atoms with E-state index in [1.54, 1.807) is 0 Å². The Morgan fingerprint density at radius 1 is 1.32 bits per heavy atom. The monoisotopic (exact) mass is 322 g/mol. The van der Waals surface area contributed by atoms with Gasteiger partial charge in [-0.05, 0) is 6.07 Å². The minimum atomic E-state index is -4.88. The van der Waals surface area contributed by atoms with Crippen molar-refractivity contribution in [1.82, 2.24) is 20.0 Å². The Labute approximate surface area is 118 Å². The average molecular weight is 322 g/mol. The standard InChI is InChI=1S/C10H7F5N6O/c11-7(12)6-3-18-21(20-6)8-5(10(13,14)15)1-4(2-17-8)19-9(16)22/h1-3,7H,(H3,16,19,22). The van der Waals surface area contributed by atoms with E-state index in [1.807, 2.05) is 5.32 Å². The molecule has 0 aromatic carbocycles. The van der Waals surface area contributed by atoms with Gasteiger partial charge in [0.2, 0.25) is 0 Å². The number of urea groups is 1. The van der Waals surface area contributed by atoms with Crippen molar-refractivity contribution in [2.75, 3.05) is 5.32 Å². The number of rotatable bonds is 3. The molecule has 2 aromatic heterocycles. The van der Waals surface area contributed by atoms with Gasteiger partial charge in [0.1, 0.15) is 11.3 Å². The van der Waals surface area contributed by atoms with Crippen LogP contribution in [-0.2, 0) is 6.18 Å². The van der Waals surface area contributed by atoms with Crippen LogP contribution in [0, 0.1) is 0 Å². The summed E-state index contributed by atoms with van der Waals surface area (Å²) in [6.07, 6.45) is -6.38. The number of primary amides is 1. The Balaban J connectivity index is 2.52. The average Bonchev–Trinajstić information content (AvgIpc) is 2.86. The summed E-state index contributed by atoms with van der Waals surface area (Å²) in [5.74, 6) is -0.811. The van der Waals surface area contributed by atoms with Gasteiger partial charge in [-0.2, -0.15) is 18.3 Å². The number of hydrogen-bond donors (Lipinski definition) is 2. The van der Waals surface area contributed by atoms with Crippen LogP contribution in [0.4, 0.5) is 32.4 Å². The van der Waals surface area contributed by atoms with Crippen LogP contribution < -0.4 is 11.1 Å². The predicted molar refractivity (Wildman–Crippen MR) is 62.3 cm³/mol. The van der Waals surface area contributed by atoms with E-state index in [9.17, 15) is 26.7 Å². The Morgan fingerprint density at radius 3 is 2.50 bits per heavy atom. The molecule has 0 aliphatic heterocycles. The summed E-state index contributed by atoms with van der Waals surface area (Å²) in [7, 11) is 0. The number of hydrogen-bond acceptors (Lipinski definition) is 4. The molecule has 0 bridgehead atoms. The van der Waals surface area contributed by atoms with Crippen LogP contribution in [0.1, 0.15) is 17.7 Å². The summed E-state index contributed by atoms with van der Waals surface area (Å²) in [5, 5.41) is 8.47. The van der Waals surface area contributed by atoms with E-state index in [1.165, 1.54) is 0 Å². The van der Waals surface area contributed by atoms with E-state index in [4.69, 9.17) is 5.73 Å². The lowest BCUT2D eigenvalue weighted by Gasteiger charge is -2.12. The first-order valence-corrected chi connectivity index (χ1v) is 5.53. The number of carbonyl (C=O) groups excluding carboxylic acids is 1. The van der Waals surface area contributed by atoms with Gasteiger partial charge in [0.05, 0.1) is 18.1 Å². The van der Waals surface area contributed by atoms with Crippen LogP contribution in [0.3, 0.4) is 0 Å². The van der Waals surface area contributed by atoms with Crippen molar-refractivity contribution in [3.8, 4) is 5.82 Å². The van der Waals surface area contributed by atoms with Crippen molar-refractivity contribution in [2.45, 2.75) is 12.6 Å². The van der Waals surface area contributed by atoms with Crippen molar-refractivity contribution in [2.24, 2.45) is 5.73 Å². The van der Waals surface area contributed by atoms with Gasteiger partial charge in [-0.25, -0.2) is 18.6 Å². The van der Waals surface area contributed by atoms with Crippen LogP contribution in [0.5, 0.6) is 0 Å². The molecule has 0 spiro atoms. The number of nitrogens with one attached hydrogen (secondary N) is 1. The zero-order valence-corrected chi connectivity index (χ0v) is 10.5. The number of halogens is 5. The molecule has 0 radical (unpaired) electrons. The second kappa shape index (κ2) is 5.54. The Morgan fingerprint density at radius 2 is 2.00 bits per heavy atom. The molecule has 0 atom stereocenters. The summed E-state index contributed by atoms with van der Waals surface area (Å²) < 4.78 is 63.9. The Hall–Kier alpha value is -2.79. The minimum Gasteiger partial charge on any atom is -0.351 e. The predicted octanol–water partition coefficient (Wildman–Crippen LogP) is 2.11. The molecule has 0 fully saturated rings. The topological polar surface area (TPSA) is 98.7 Å². The van der Waals surface area contributed by atoms with Crippen molar-refractivity contribution in [3.63, 3.8) is 0 Å². The van der Waals surface area contributed by atoms with Gasteiger partial charge >= 0.3 is 12.2 Å². The number of pyridine rings is 1. The van der Waals surface area contributed by atoms with Crippen LogP contribution in [-0.4, -0.2) is 26.0 Å². The highest BCUT2D eigenvalue weighted by atomic mass is 19.4. The second-order valence-corrected chi connectivity index (χ2v) is 3.94. The Kier molecular flexibility index (Phi) is 3.93. The van der Waals surface area contributed by atoms with Crippen LogP contribution >= 0.6 is 0 Å². The minimum absolute atomic E-state index is 0.315. The molecule has 12 heteroatoms. The fourth-order valence-electron chi connectivity index (χ4n) is 1.51. The summed E-state index contributed by atoms with van der Waals surface area (Å²) in [5.41, 5.74) is 2.36. The molecule has 2 amide bonds. The van der Waals surface area contributed by atoms with E-state index in [0.717, 1.165) is 6.20 Å². The molecule has 118 valence electrons. The zero-order chi connectivity index (χ0) is 16.5.